The van der Waals surface area contributed by atoms with Crippen molar-refractivity contribution in [1.29, 1.82) is 5.26 Å². The predicted molar refractivity (Wildman–Crippen MR) is 103 cm³/mol. The second-order valence-corrected chi connectivity index (χ2v) is 6.41. The number of halogens is 1. The minimum absolute atomic E-state index is 0.0349. The first-order valence-corrected chi connectivity index (χ1v) is 8.88. The molecular weight excluding hydrogens is 382 g/mol. The Labute approximate surface area is 165 Å². The van der Waals surface area contributed by atoms with Crippen molar-refractivity contribution >= 4 is 40.3 Å². The van der Waals surface area contributed by atoms with Gasteiger partial charge in [-0.05, 0) is 37.3 Å². The fourth-order valence-corrected chi connectivity index (χ4v) is 2.70. The zero-order chi connectivity index (χ0) is 20.1. The van der Waals surface area contributed by atoms with Crippen LogP contribution in [0.4, 0.5) is 5.69 Å². The van der Waals surface area contributed by atoms with Crippen LogP contribution < -0.4 is 5.32 Å². The SMILES string of the molecule is C[C@@H](OC(=O)CCc1nc2ccccc2o1)C(=O)Nc1ccc(C#N)c(Cl)c1. The number of esters is 1. The Bertz CT molecular complexity index is 1040. The van der Waals surface area contributed by atoms with Gasteiger partial charge < -0.3 is 14.5 Å². The highest BCUT2D eigenvalue weighted by Crippen LogP contribution is 2.20. The number of aromatic nitrogens is 1. The summed E-state index contributed by atoms with van der Waals surface area (Å²) >= 11 is 5.93. The van der Waals surface area contributed by atoms with Gasteiger partial charge in [0.15, 0.2) is 17.6 Å². The van der Waals surface area contributed by atoms with Crippen LogP contribution in [0.2, 0.25) is 5.02 Å². The number of para-hydroxylation sites is 2. The number of hydrogen-bond acceptors (Lipinski definition) is 6. The number of amides is 1. The Morgan fingerprint density at radius 3 is 2.82 bits per heavy atom. The van der Waals surface area contributed by atoms with Crippen LogP contribution in [0, 0.1) is 11.3 Å². The van der Waals surface area contributed by atoms with E-state index in [9.17, 15) is 9.59 Å². The van der Waals surface area contributed by atoms with Gasteiger partial charge >= 0.3 is 5.97 Å². The number of aryl methyl sites for hydroxylation is 1. The zero-order valence-corrected chi connectivity index (χ0v) is 15.7. The van der Waals surface area contributed by atoms with E-state index in [1.807, 2.05) is 24.3 Å². The van der Waals surface area contributed by atoms with Crippen LogP contribution in [0.25, 0.3) is 11.1 Å². The van der Waals surface area contributed by atoms with E-state index in [2.05, 4.69) is 10.3 Å². The Kier molecular flexibility index (Phi) is 5.92. The number of fused-ring (bicyclic) bond motifs is 1. The van der Waals surface area contributed by atoms with E-state index in [0.29, 0.717) is 22.7 Å². The van der Waals surface area contributed by atoms with Crippen LogP contribution >= 0.6 is 11.6 Å². The number of oxazole rings is 1. The molecule has 0 spiro atoms. The third-order valence-electron chi connectivity index (χ3n) is 3.92. The molecule has 0 bridgehead atoms. The maximum absolute atomic E-state index is 12.2. The van der Waals surface area contributed by atoms with Crippen LogP contribution in [0.1, 0.15) is 24.8 Å². The quantitative estimate of drug-likeness (QED) is 0.633. The summed E-state index contributed by atoms with van der Waals surface area (Å²) in [5, 5.41) is 11.7. The molecule has 142 valence electrons. The second-order valence-electron chi connectivity index (χ2n) is 6.00. The summed E-state index contributed by atoms with van der Waals surface area (Å²) in [6.45, 7) is 1.47. The van der Waals surface area contributed by atoms with Crippen LogP contribution in [-0.2, 0) is 20.7 Å². The molecule has 0 fully saturated rings. The Morgan fingerprint density at radius 2 is 2.11 bits per heavy atom. The van der Waals surface area contributed by atoms with E-state index in [1.54, 1.807) is 12.1 Å². The van der Waals surface area contributed by atoms with Gasteiger partial charge in [-0.1, -0.05) is 23.7 Å². The summed E-state index contributed by atoms with van der Waals surface area (Å²) in [5.41, 5.74) is 2.08. The largest absolute Gasteiger partial charge is 0.453 e. The minimum Gasteiger partial charge on any atom is -0.453 e. The lowest BCUT2D eigenvalue weighted by Crippen LogP contribution is -2.30. The van der Waals surface area contributed by atoms with E-state index in [4.69, 9.17) is 26.0 Å². The molecule has 1 heterocycles. The standard InChI is InChI=1S/C20H16ClN3O4/c1-12(20(26)23-14-7-6-13(11-22)15(21)10-14)27-19(25)9-8-18-24-16-4-2-3-5-17(16)28-18/h2-7,10,12H,8-9H2,1H3,(H,23,26)/t12-/m1/s1. The molecule has 1 N–H and O–H groups in total. The molecule has 3 aromatic rings. The van der Waals surface area contributed by atoms with Crippen molar-refractivity contribution in [1.82, 2.24) is 4.98 Å². The van der Waals surface area contributed by atoms with Crippen LogP contribution in [-0.4, -0.2) is 23.0 Å². The lowest BCUT2D eigenvalue weighted by molar-refractivity contribution is -0.153. The summed E-state index contributed by atoms with van der Waals surface area (Å²) in [6.07, 6.45) is -0.689. The number of rotatable bonds is 6. The van der Waals surface area contributed by atoms with Crippen molar-refractivity contribution in [2.75, 3.05) is 5.32 Å². The Balaban J connectivity index is 1.51. The summed E-state index contributed by atoms with van der Waals surface area (Å²) in [7, 11) is 0. The number of benzene rings is 2. The van der Waals surface area contributed by atoms with Gasteiger partial charge in [0, 0.05) is 12.1 Å². The van der Waals surface area contributed by atoms with Gasteiger partial charge in [0.1, 0.15) is 11.6 Å². The number of carbonyl (C=O) groups excluding carboxylic acids is 2. The summed E-state index contributed by atoms with van der Waals surface area (Å²) < 4.78 is 10.7. The zero-order valence-electron chi connectivity index (χ0n) is 14.9. The van der Waals surface area contributed by atoms with Crippen molar-refractivity contribution in [3.8, 4) is 6.07 Å². The number of nitriles is 1. The maximum Gasteiger partial charge on any atom is 0.307 e. The molecule has 1 aromatic heterocycles. The first-order chi connectivity index (χ1) is 13.5. The fraction of sp³-hybridized carbons (Fsp3) is 0.200. The van der Waals surface area contributed by atoms with Gasteiger partial charge in [0.05, 0.1) is 17.0 Å². The van der Waals surface area contributed by atoms with Crippen molar-refractivity contribution in [3.63, 3.8) is 0 Å². The van der Waals surface area contributed by atoms with Crippen molar-refractivity contribution in [2.45, 2.75) is 25.9 Å². The number of anilines is 1. The number of carbonyl (C=O) groups is 2. The monoisotopic (exact) mass is 397 g/mol. The lowest BCUT2D eigenvalue weighted by atomic mass is 10.2. The van der Waals surface area contributed by atoms with E-state index in [1.165, 1.54) is 19.1 Å². The van der Waals surface area contributed by atoms with Crippen molar-refractivity contribution < 1.29 is 18.7 Å². The summed E-state index contributed by atoms with van der Waals surface area (Å²) in [4.78, 5) is 28.5. The fourth-order valence-electron chi connectivity index (χ4n) is 2.47. The number of nitrogens with zero attached hydrogens (tertiary/aromatic N) is 2. The molecular formula is C20H16ClN3O4. The topological polar surface area (TPSA) is 105 Å². The molecule has 7 nitrogen and oxygen atoms in total. The Morgan fingerprint density at radius 1 is 1.32 bits per heavy atom. The molecule has 0 aliphatic heterocycles. The molecule has 28 heavy (non-hydrogen) atoms. The molecule has 0 aliphatic carbocycles. The van der Waals surface area contributed by atoms with Crippen molar-refractivity contribution in [3.05, 3.63) is 58.9 Å². The van der Waals surface area contributed by atoms with Gasteiger partial charge in [-0.2, -0.15) is 5.26 Å². The molecule has 8 heteroatoms. The molecule has 2 aromatic carbocycles. The maximum atomic E-state index is 12.2. The highest BCUT2D eigenvalue weighted by atomic mass is 35.5. The molecule has 0 saturated carbocycles. The minimum atomic E-state index is -0.995. The van der Waals surface area contributed by atoms with E-state index in [0.717, 1.165) is 5.52 Å². The highest BCUT2D eigenvalue weighted by Gasteiger charge is 2.19. The lowest BCUT2D eigenvalue weighted by Gasteiger charge is -2.13. The molecule has 3 rings (SSSR count). The van der Waals surface area contributed by atoms with Gasteiger partial charge in [-0.15, -0.1) is 0 Å². The van der Waals surface area contributed by atoms with E-state index >= 15 is 0 Å². The van der Waals surface area contributed by atoms with Gasteiger partial charge in [0.25, 0.3) is 5.91 Å². The molecule has 0 saturated heterocycles. The Hall–Kier alpha value is -3.37. The molecule has 1 amide bonds. The van der Waals surface area contributed by atoms with Crippen LogP contribution in [0.15, 0.2) is 46.9 Å². The van der Waals surface area contributed by atoms with E-state index < -0.39 is 18.0 Å². The van der Waals surface area contributed by atoms with Crippen molar-refractivity contribution in [2.24, 2.45) is 0 Å². The normalized spacial score (nSPS) is 11.6. The smallest absolute Gasteiger partial charge is 0.307 e. The predicted octanol–water partition coefficient (Wildman–Crippen LogP) is 3.86. The number of hydrogen-bond donors (Lipinski definition) is 1. The highest BCUT2D eigenvalue weighted by molar-refractivity contribution is 6.32. The first-order valence-electron chi connectivity index (χ1n) is 8.50. The van der Waals surface area contributed by atoms with Gasteiger partial charge in [-0.3, -0.25) is 9.59 Å². The van der Waals surface area contributed by atoms with E-state index in [-0.39, 0.29) is 17.9 Å². The molecule has 1 atom stereocenters. The van der Waals surface area contributed by atoms with Gasteiger partial charge in [-0.25, -0.2) is 4.98 Å². The second kappa shape index (κ2) is 8.55. The molecule has 0 unspecified atom stereocenters. The third-order valence-corrected chi connectivity index (χ3v) is 4.23. The first kappa shape index (κ1) is 19.4. The average Bonchev–Trinajstić information content (AvgIpc) is 3.09. The average molecular weight is 398 g/mol. The third kappa shape index (κ3) is 4.67. The molecule has 0 radical (unpaired) electrons. The van der Waals surface area contributed by atoms with Crippen LogP contribution in [0.5, 0.6) is 0 Å². The number of ether oxygens (including phenoxy) is 1. The summed E-state index contributed by atoms with van der Waals surface area (Å²) in [5.74, 6) is -0.610. The van der Waals surface area contributed by atoms with Gasteiger partial charge in [0.2, 0.25) is 0 Å². The van der Waals surface area contributed by atoms with Crippen LogP contribution in [0.3, 0.4) is 0 Å². The number of nitrogens with one attached hydrogen (secondary N) is 1. The summed E-state index contributed by atoms with van der Waals surface area (Å²) in [6, 6.07) is 13.7. The molecule has 0 aliphatic rings.